The molecule has 7 nitrogen and oxygen atoms in total. The molecule has 1 saturated heterocycles. The smallest absolute Gasteiger partial charge is 0.229 e. The number of H-pyrrole nitrogens is 1. The first-order valence-electron chi connectivity index (χ1n) is 8.15. The van der Waals surface area contributed by atoms with Crippen LogP contribution in [0.15, 0.2) is 22.8 Å². The molecule has 0 bridgehead atoms. The van der Waals surface area contributed by atoms with Crippen molar-refractivity contribution in [2.75, 3.05) is 6.54 Å². The second kappa shape index (κ2) is 5.74. The van der Waals surface area contributed by atoms with E-state index in [9.17, 15) is 4.79 Å². The topological polar surface area (TPSA) is 87.9 Å². The van der Waals surface area contributed by atoms with Crippen LogP contribution in [0, 0.1) is 13.8 Å². The molecule has 3 heterocycles. The molecule has 1 aliphatic rings. The molecule has 4 rings (SSSR count). The molecule has 0 aliphatic carbocycles. The zero-order chi connectivity index (χ0) is 16.7. The number of imidazole rings is 1. The van der Waals surface area contributed by atoms with E-state index in [4.69, 9.17) is 0 Å². The van der Waals surface area contributed by atoms with E-state index in [0.717, 1.165) is 36.2 Å². The summed E-state index contributed by atoms with van der Waals surface area (Å²) in [5.74, 6) is 0.893. The Morgan fingerprint density at radius 2 is 2.25 bits per heavy atom. The van der Waals surface area contributed by atoms with Crippen LogP contribution in [0.5, 0.6) is 0 Å². The van der Waals surface area contributed by atoms with Gasteiger partial charge in [0.2, 0.25) is 5.91 Å². The summed E-state index contributed by atoms with van der Waals surface area (Å²) >= 11 is 0. The quantitative estimate of drug-likeness (QED) is 0.799. The molecule has 1 fully saturated rings. The van der Waals surface area contributed by atoms with Gasteiger partial charge in [-0.15, -0.1) is 0 Å². The molecular formula is C17H19N5O2. The highest BCUT2D eigenvalue weighted by Crippen LogP contribution is 2.32. The van der Waals surface area contributed by atoms with Gasteiger partial charge in [-0.05, 0) is 44.4 Å². The zero-order valence-corrected chi connectivity index (χ0v) is 13.7. The van der Waals surface area contributed by atoms with Crippen molar-refractivity contribution in [3.63, 3.8) is 0 Å². The van der Waals surface area contributed by atoms with Crippen molar-refractivity contribution in [3.8, 4) is 0 Å². The highest BCUT2D eigenvalue weighted by Gasteiger charge is 2.32. The average molecular weight is 325 g/mol. The first kappa shape index (κ1) is 14.9. The molecule has 1 atom stereocenters. The van der Waals surface area contributed by atoms with Gasteiger partial charge in [0.1, 0.15) is 17.2 Å². The molecule has 1 amide bonds. The lowest BCUT2D eigenvalue weighted by atomic mass is 10.2. The van der Waals surface area contributed by atoms with Crippen LogP contribution in [0.2, 0.25) is 0 Å². The normalized spacial score (nSPS) is 17.8. The lowest BCUT2D eigenvalue weighted by Gasteiger charge is -2.22. The fourth-order valence-electron chi connectivity index (χ4n) is 3.31. The van der Waals surface area contributed by atoms with E-state index >= 15 is 0 Å². The van der Waals surface area contributed by atoms with Gasteiger partial charge in [0.25, 0.3) is 0 Å². The fourth-order valence-corrected chi connectivity index (χ4v) is 3.31. The SMILES string of the molecule is Cc1ccc2nc([C@H]3CCCN3C(=O)Cc3nonc3C)[nH]c2c1. The second-order valence-corrected chi connectivity index (χ2v) is 6.36. The number of aryl methyl sites for hydroxylation is 2. The van der Waals surface area contributed by atoms with E-state index < -0.39 is 0 Å². The van der Waals surface area contributed by atoms with Crippen molar-refractivity contribution in [2.24, 2.45) is 0 Å². The van der Waals surface area contributed by atoms with Gasteiger partial charge in [0.05, 0.1) is 23.5 Å². The molecule has 3 aromatic rings. The van der Waals surface area contributed by atoms with Crippen molar-refractivity contribution >= 4 is 16.9 Å². The van der Waals surface area contributed by atoms with Crippen LogP contribution in [0.25, 0.3) is 11.0 Å². The molecular weight excluding hydrogens is 306 g/mol. The molecule has 24 heavy (non-hydrogen) atoms. The monoisotopic (exact) mass is 325 g/mol. The summed E-state index contributed by atoms with van der Waals surface area (Å²) in [5.41, 5.74) is 4.41. The maximum absolute atomic E-state index is 12.7. The molecule has 0 spiro atoms. The highest BCUT2D eigenvalue weighted by atomic mass is 16.6. The number of likely N-dealkylation sites (tertiary alicyclic amines) is 1. The van der Waals surface area contributed by atoms with Crippen LogP contribution < -0.4 is 0 Å². The van der Waals surface area contributed by atoms with E-state index in [2.05, 4.69) is 37.9 Å². The molecule has 0 saturated carbocycles. The van der Waals surface area contributed by atoms with Crippen molar-refractivity contribution in [3.05, 3.63) is 41.0 Å². The molecule has 1 aromatic carbocycles. The Morgan fingerprint density at radius 1 is 1.38 bits per heavy atom. The van der Waals surface area contributed by atoms with Gasteiger partial charge in [0.15, 0.2) is 0 Å². The van der Waals surface area contributed by atoms with Crippen LogP contribution in [0.1, 0.15) is 41.7 Å². The average Bonchev–Trinajstić information content (AvgIpc) is 3.26. The minimum Gasteiger partial charge on any atom is -0.340 e. The largest absolute Gasteiger partial charge is 0.340 e. The van der Waals surface area contributed by atoms with E-state index in [1.807, 2.05) is 17.0 Å². The number of nitrogens with one attached hydrogen (secondary N) is 1. The number of carbonyl (C=O) groups is 1. The Hall–Kier alpha value is -2.70. The van der Waals surface area contributed by atoms with Gasteiger partial charge in [-0.1, -0.05) is 16.4 Å². The number of hydrogen-bond acceptors (Lipinski definition) is 5. The van der Waals surface area contributed by atoms with Gasteiger partial charge in [-0.25, -0.2) is 9.61 Å². The summed E-state index contributed by atoms with van der Waals surface area (Å²) in [5, 5.41) is 7.55. The number of carbonyl (C=O) groups excluding carboxylic acids is 1. The summed E-state index contributed by atoms with van der Waals surface area (Å²) in [6.45, 7) is 4.59. The van der Waals surface area contributed by atoms with Crippen molar-refractivity contribution in [1.82, 2.24) is 25.2 Å². The first-order chi connectivity index (χ1) is 11.6. The molecule has 124 valence electrons. The van der Waals surface area contributed by atoms with Gasteiger partial charge in [-0.3, -0.25) is 4.79 Å². The summed E-state index contributed by atoms with van der Waals surface area (Å²) in [4.78, 5) is 22.6. The summed E-state index contributed by atoms with van der Waals surface area (Å²) in [6.07, 6.45) is 2.11. The van der Waals surface area contributed by atoms with Crippen LogP contribution in [0.4, 0.5) is 0 Å². The Morgan fingerprint density at radius 3 is 3.04 bits per heavy atom. The minimum absolute atomic E-state index is 0.00891. The third-order valence-electron chi connectivity index (χ3n) is 4.61. The van der Waals surface area contributed by atoms with Crippen molar-refractivity contribution < 1.29 is 9.42 Å². The number of hydrogen-bond donors (Lipinski definition) is 1. The van der Waals surface area contributed by atoms with Crippen molar-refractivity contribution in [2.45, 2.75) is 39.2 Å². The van der Waals surface area contributed by atoms with E-state index in [-0.39, 0.29) is 18.4 Å². The Bertz CT molecular complexity index is 897. The number of aromatic nitrogens is 4. The molecule has 0 radical (unpaired) electrons. The predicted octanol–water partition coefficient (Wildman–Crippen LogP) is 2.47. The van der Waals surface area contributed by atoms with E-state index in [1.54, 1.807) is 6.92 Å². The van der Waals surface area contributed by atoms with Gasteiger partial charge >= 0.3 is 0 Å². The number of aromatic amines is 1. The summed E-state index contributed by atoms with van der Waals surface area (Å²) in [7, 11) is 0. The van der Waals surface area contributed by atoms with Crippen LogP contribution >= 0.6 is 0 Å². The number of nitrogens with zero attached hydrogens (tertiary/aromatic N) is 4. The lowest BCUT2D eigenvalue weighted by Crippen LogP contribution is -2.32. The summed E-state index contributed by atoms with van der Waals surface area (Å²) in [6, 6.07) is 6.13. The number of rotatable bonds is 3. The van der Waals surface area contributed by atoms with Crippen LogP contribution in [-0.4, -0.2) is 37.6 Å². The number of fused-ring (bicyclic) bond motifs is 1. The first-order valence-corrected chi connectivity index (χ1v) is 8.15. The van der Waals surface area contributed by atoms with E-state index in [1.165, 1.54) is 5.56 Å². The predicted molar refractivity (Wildman–Crippen MR) is 87.3 cm³/mol. The molecule has 1 N–H and O–H groups in total. The summed E-state index contributed by atoms with van der Waals surface area (Å²) < 4.78 is 4.68. The fraction of sp³-hybridized carbons (Fsp3) is 0.412. The third-order valence-corrected chi connectivity index (χ3v) is 4.61. The molecule has 1 aliphatic heterocycles. The zero-order valence-electron chi connectivity index (χ0n) is 13.7. The highest BCUT2D eigenvalue weighted by molar-refractivity contribution is 5.80. The standard InChI is InChI=1S/C17H19N5O2/c1-10-5-6-12-14(8-10)19-17(18-12)15-4-3-7-22(15)16(23)9-13-11(2)20-24-21-13/h5-6,8,15H,3-4,7,9H2,1-2H3,(H,18,19)/t15-/m1/s1. The maximum atomic E-state index is 12.7. The second-order valence-electron chi connectivity index (χ2n) is 6.36. The number of benzene rings is 1. The maximum Gasteiger partial charge on any atom is 0.229 e. The Labute approximate surface area is 139 Å². The molecule has 0 unspecified atom stereocenters. The van der Waals surface area contributed by atoms with Gasteiger partial charge in [-0.2, -0.15) is 0 Å². The van der Waals surface area contributed by atoms with Gasteiger partial charge in [0, 0.05) is 6.54 Å². The van der Waals surface area contributed by atoms with Crippen LogP contribution in [-0.2, 0) is 11.2 Å². The van der Waals surface area contributed by atoms with E-state index in [0.29, 0.717) is 11.4 Å². The Balaban J connectivity index is 1.59. The minimum atomic E-state index is -0.00891. The Kier molecular flexibility index (Phi) is 3.55. The molecule has 2 aromatic heterocycles. The molecule has 7 heteroatoms. The van der Waals surface area contributed by atoms with Crippen LogP contribution in [0.3, 0.4) is 0 Å². The lowest BCUT2D eigenvalue weighted by molar-refractivity contribution is -0.131. The number of amides is 1. The van der Waals surface area contributed by atoms with Crippen molar-refractivity contribution in [1.29, 1.82) is 0 Å². The third kappa shape index (κ3) is 2.55. The van der Waals surface area contributed by atoms with Gasteiger partial charge < -0.3 is 9.88 Å².